The number of benzene rings is 1. The van der Waals surface area contributed by atoms with E-state index in [-0.39, 0.29) is 0 Å². The summed E-state index contributed by atoms with van der Waals surface area (Å²) in [4.78, 5) is 0. The zero-order valence-electron chi connectivity index (χ0n) is 9.86. The van der Waals surface area contributed by atoms with E-state index in [4.69, 9.17) is 16.3 Å². The highest BCUT2D eigenvalue weighted by molar-refractivity contribution is 6.32. The van der Waals surface area contributed by atoms with Gasteiger partial charge in [0, 0.05) is 5.02 Å². The Balaban J connectivity index is 2.59. The van der Waals surface area contributed by atoms with Gasteiger partial charge in [-0.1, -0.05) is 23.4 Å². The van der Waals surface area contributed by atoms with Crippen molar-refractivity contribution in [2.24, 2.45) is 0 Å². The van der Waals surface area contributed by atoms with Crippen LogP contribution in [0.15, 0.2) is 12.1 Å². The standard InChI is InChI=1S/C13H16ClNO/c1-10-8-12(9-11(2)13(10)14)16-7-5-4-6-15-3/h8-9,15H,6-7H2,1-3H3. The Hall–Kier alpha value is -1.17. The van der Waals surface area contributed by atoms with Crippen LogP contribution in [0.3, 0.4) is 0 Å². The van der Waals surface area contributed by atoms with Crippen LogP contribution in [0.25, 0.3) is 0 Å². The zero-order valence-corrected chi connectivity index (χ0v) is 10.6. The number of rotatable bonds is 3. The van der Waals surface area contributed by atoms with Gasteiger partial charge in [0.1, 0.15) is 12.4 Å². The minimum Gasteiger partial charge on any atom is -0.481 e. The summed E-state index contributed by atoms with van der Waals surface area (Å²) in [5.41, 5.74) is 2.06. The van der Waals surface area contributed by atoms with Crippen molar-refractivity contribution in [1.29, 1.82) is 0 Å². The van der Waals surface area contributed by atoms with Crippen LogP contribution in [0, 0.1) is 25.7 Å². The van der Waals surface area contributed by atoms with Crippen molar-refractivity contribution in [2.45, 2.75) is 13.8 Å². The fraction of sp³-hybridized carbons (Fsp3) is 0.385. The second-order valence-corrected chi connectivity index (χ2v) is 3.92. The molecule has 1 rings (SSSR count). The minimum absolute atomic E-state index is 0.405. The highest BCUT2D eigenvalue weighted by Gasteiger charge is 2.02. The van der Waals surface area contributed by atoms with Crippen molar-refractivity contribution >= 4 is 11.6 Å². The molecule has 0 fully saturated rings. The van der Waals surface area contributed by atoms with E-state index in [2.05, 4.69) is 17.2 Å². The predicted molar refractivity (Wildman–Crippen MR) is 68.1 cm³/mol. The monoisotopic (exact) mass is 237 g/mol. The first-order valence-corrected chi connectivity index (χ1v) is 5.53. The van der Waals surface area contributed by atoms with Gasteiger partial charge in [0.25, 0.3) is 0 Å². The smallest absolute Gasteiger partial charge is 0.149 e. The van der Waals surface area contributed by atoms with Crippen LogP contribution in [0.1, 0.15) is 11.1 Å². The lowest BCUT2D eigenvalue weighted by atomic mass is 10.1. The van der Waals surface area contributed by atoms with Gasteiger partial charge in [-0.25, -0.2) is 0 Å². The molecule has 0 radical (unpaired) electrons. The highest BCUT2D eigenvalue weighted by Crippen LogP contribution is 2.25. The Morgan fingerprint density at radius 2 is 1.88 bits per heavy atom. The zero-order chi connectivity index (χ0) is 12.0. The Labute approximate surface area is 102 Å². The number of ether oxygens (including phenoxy) is 1. The van der Waals surface area contributed by atoms with Gasteiger partial charge in [-0.3, -0.25) is 0 Å². The number of nitrogens with one attached hydrogen (secondary N) is 1. The summed E-state index contributed by atoms with van der Waals surface area (Å²) in [6.07, 6.45) is 0. The maximum Gasteiger partial charge on any atom is 0.149 e. The second kappa shape index (κ2) is 6.42. The van der Waals surface area contributed by atoms with E-state index in [0.717, 1.165) is 21.9 Å². The van der Waals surface area contributed by atoms with E-state index in [9.17, 15) is 0 Å². The molecule has 0 aliphatic rings. The van der Waals surface area contributed by atoms with E-state index in [0.29, 0.717) is 13.2 Å². The topological polar surface area (TPSA) is 21.3 Å². The Morgan fingerprint density at radius 3 is 2.44 bits per heavy atom. The van der Waals surface area contributed by atoms with E-state index in [1.54, 1.807) is 0 Å². The largest absolute Gasteiger partial charge is 0.481 e. The van der Waals surface area contributed by atoms with Gasteiger partial charge in [-0.05, 0) is 44.2 Å². The van der Waals surface area contributed by atoms with E-state index < -0.39 is 0 Å². The average molecular weight is 238 g/mol. The molecule has 16 heavy (non-hydrogen) atoms. The van der Waals surface area contributed by atoms with Crippen LogP contribution >= 0.6 is 11.6 Å². The molecule has 0 amide bonds. The van der Waals surface area contributed by atoms with Gasteiger partial charge in [-0.2, -0.15) is 0 Å². The van der Waals surface area contributed by atoms with E-state index in [1.165, 1.54) is 0 Å². The quantitative estimate of drug-likeness (QED) is 0.816. The molecular weight excluding hydrogens is 222 g/mol. The molecule has 1 aromatic rings. The Morgan fingerprint density at radius 1 is 1.25 bits per heavy atom. The van der Waals surface area contributed by atoms with E-state index >= 15 is 0 Å². The van der Waals surface area contributed by atoms with E-state index in [1.807, 2.05) is 33.0 Å². The van der Waals surface area contributed by atoms with Crippen molar-refractivity contribution in [3.8, 4) is 17.6 Å². The molecule has 0 saturated heterocycles. The third-order valence-corrected chi connectivity index (χ3v) is 2.71. The second-order valence-electron chi connectivity index (χ2n) is 3.54. The van der Waals surface area contributed by atoms with Gasteiger partial charge in [-0.15, -0.1) is 0 Å². The molecule has 2 nitrogen and oxygen atoms in total. The van der Waals surface area contributed by atoms with Crippen molar-refractivity contribution in [2.75, 3.05) is 20.2 Å². The summed E-state index contributed by atoms with van der Waals surface area (Å²) in [6.45, 7) is 5.02. The molecule has 1 aromatic carbocycles. The summed E-state index contributed by atoms with van der Waals surface area (Å²) in [6, 6.07) is 3.85. The summed E-state index contributed by atoms with van der Waals surface area (Å²) in [5.74, 6) is 6.67. The fourth-order valence-electron chi connectivity index (χ4n) is 1.31. The van der Waals surface area contributed by atoms with Crippen molar-refractivity contribution in [3.05, 3.63) is 28.3 Å². The first-order valence-electron chi connectivity index (χ1n) is 5.15. The minimum atomic E-state index is 0.405. The molecule has 0 aliphatic heterocycles. The van der Waals surface area contributed by atoms with Crippen molar-refractivity contribution in [3.63, 3.8) is 0 Å². The van der Waals surface area contributed by atoms with Crippen LogP contribution in [0.4, 0.5) is 0 Å². The number of hydrogen-bond acceptors (Lipinski definition) is 2. The van der Waals surface area contributed by atoms with Gasteiger partial charge >= 0.3 is 0 Å². The SMILES string of the molecule is CNCC#CCOc1cc(C)c(Cl)c(C)c1. The number of hydrogen-bond donors (Lipinski definition) is 1. The summed E-state index contributed by atoms with van der Waals surface area (Å²) < 4.78 is 5.51. The Bertz CT molecular complexity index is 395. The van der Waals surface area contributed by atoms with Crippen LogP contribution in [0.5, 0.6) is 5.75 Å². The highest BCUT2D eigenvalue weighted by atomic mass is 35.5. The first-order chi connectivity index (χ1) is 7.65. The Kier molecular flexibility index (Phi) is 5.18. The van der Waals surface area contributed by atoms with Crippen molar-refractivity contribution in [1.82, 2.24) is 5.32 Å². The fourth-order valence-corrected chi connectivity index (χ4v) is 1.42. The lowest BCUT2D eigenvalue weighted by Gasteiger charge is -2.07. The molecule has 3 heteroatoms. The molecule has 1 N–H and O–H groups in total. The molecule has 0 saturated carbocycles. The third-order valence-electron chi connectivity index (χ3n) is 2.11. The summed E-state index contributed by atoms with van der Waals surface area (Å²) >= 11 is 6.06. The summed E-state index contributed by atoms with van der Waals surface area (Å²) in [5, 5.41) is 3.75. The maximum atomic E-state index is 6.06. The molecule has 0 spiro atoms. The molecule has 0 aromatic heterocycles. The molecule has 0 bridgehead atoms. The van der Waals surface area contributed by atoms with Crippen molar-refractivity contribution < 1.29 is 4.74 Å². The van der Waals surface area contributed by atoms with Crippen LogP contribution < -0.4 is 10.1 Å². The normalized spacial score (nSPS) is 9.50. The van der Waals surface area contributed by atoms with Crippen LogP contribution in [0.2, 0.25) is 5.02 Å². The maximum absolute atomic E-state index is 6.06. The van der Waals surface area contributed by atoms with Gasteiger partial charge in [0.15, 0.2) is 0 Å². The third kappa shape index (κ3) is 3.77. The summed E-state index contributed by atoms with van der Waals surface area (Å²) in [7, 11) is 1.86. The molecule has 0 heterocycles. The number of halogens is 1. The molecule has 0 aliphatic carbocycles. The van der Waals surface area contributed by atoms with Gasteiger partial charge in [0.05, 0.1) is 6.54 Å². The van der Waals surface area contributed by atoms with Crippen LogP contribution in [-0.2, 0) is 0 Å². The predicted octanol–water partition coefficient (Wildman–Crippen LogP) is 2.56. The molecule has 0 unspecified atom stereocenters. The lowest BCUT2D eigenvalue weighted by Crippen LogP contribution is -2.05. The average Bonchev–Trinajstić information content (AvgIpc) is 2.25. The van der Waals surface area contributed by atoms with Crippen LogP contribution in [-0.4, -0.2) is 20.2 Å². The number of aryl methyl sites for hydroxylation is 2. The molecule has 0 atom stereocenters. The van der Waals surface area contributed by atoms with Gasteiger partial charge in [0.2, 0.25) is 0 Å². The molecular formula is C13H16ClNO. The van der Waals surface area contributed by atoms with Gasteiger partial charge < -0.3 is 10.1 Å². The molecule has 86 valence electrons. The first kappa shape index (κ1) is 12.9. The lowest BCUT2D eigenvalue weighted by molar-refractivity contribution is 0.369.